The molecule has 0 heterocycles. The van der Waals surface area contributed by atoms with Crippen molar-refractivity contribution in [3.8, 4) is 5.75 Å². The monoisotopic (exact) mass is 369 g/mol. The van der Waals surface area contributed by atoms with Gasteiger partial charge in [0.05, 0.1) is 17.7 Å². The van der Waals surface area contributed by atoms with E-state index in [-0.39, 0.29) is 4.90 Å². The number of sulfonamides is 1. The van der Waals surface area contributed by atoms with E-state index in [4.69, 9.17) is 4.74 Å². The maximum Gasteiger partial charge on any atom is 0.261 e. The van der Waals surface area contributed by atoms with E-state index in [1.54, 1.807) is 37.4 Å². The number of hydrogen-bond acceptors (Lipinski definition) is 3. The molecule has 0 radical (unpaired) electrons. The molecule has 0 aliphatic heterocycles. The quantitative estimate of drug-likeness (QED) is 0.889. The predicted octanol–water partition coefficient (Wildman–Crippen LogP) is 3.88. The first-order valence-corrected chi connectivity index (χ1v) is 8.55. The van der Waals surface area contributed by atoms with Crippen molar-refractivity contribution >= 4 is 31.6 Å². The van der Waals surface area contributed by atoms with Gasteiger partial charge >= 0.3 is 0 Å². The smallest absolute Gasteiger partial charge is 0.261 e. The molecule has 6 heteroatoms. The number of methoxy groups -OCH3 is 1. The summed E-state index contributed by atoms with van der Waals surface area (Å²) in [5, 5.41) is 0. The van der Waals surface area contributed by atoms with Gasteiger partial charge in [-0.05, 0) is 49.7 Å². The molecule has 2 aromatic rings. The van der Waals surface area contributed by atoms with Gasteiger partial charge in [0.2, 0.25) is 0 Å². The van der Waals surface area contributed by atoms with Crippen LogP contribution in [0.5, 0.6) is 5.75 Å². The first kappa shape index (κ1) is 15.9. The Bertz CT molecular complexity index is 755. The summed E-state index contributed by atoms with van der Waals surface area (Å²) in [7, 11) is -2.05. The molecule has 2 rings (SSSR count). The van der Waals surface area contributed by atoms with Crippen LogP contribution in [-0.4, -0.2) is 15.5 Å². The number of nitrogens with one attached hydrogen (secondary N) is 1. The molecule has 0 atom stereocenters. The summed E-state index contributed by atoms with van der Waals surface area (Å²) in [5.74, 6) is 0.686. The third kappa shape index (κ3) is 3.39. The zero-order valence-electron chi connectivity index (χ0n) is 12.0. The number of aryl methyl sites for hydroxylation is 1. The minimum Gasteiger partial charge on any atom is -0.496 e. The standard InChI is InChI=1S/C15H16BrNO3S/c1-10-4-9-14(11(2)15(10)20-3)17-21(18,19)13-7-5-12(16)6-8-13/h4-9,17H,1-3H3. The zero-order chi connectivity index (χ0) is 15.6. The van der Waals surface area contributed by atoms with Gasteiger partial charge in [0.15, 0.2) is 0 Å². The number of hydrogen-bond donors (Lipinski definition) is 1. The molecule has 0 aliphatic carbocycles. The van der Waals surface area contributed by atoms with Crippen LogP contribution in [0.2, 0.25) is 0 Å². The lowest BCUT2D eigenvalue weighted by Crippen LogP contribution is -2.14. The van der Waals surface area contributed by atoms with E-state index < -0.39 is 10.0 Å². The molecular weight excluding hydrogens is 354 g/mol. The van der Waals surface area contributed by atoms with Crippen LogP contribution in [0.4, 0.5) is 5.69 Å². The van der Waals surface area contributed by atoms with Crippen molar-refractivity contribution in [2.45, 2.75) is 18.7 Å². The lowest BCUT2D eigenvalue weighted by molar-refractivity contribution is 0.409. The van der Waals surface area contributed by atoms with Crippen molar-refractivity contribution in [2.24, 2.45) is 0 Å². The second-order valence-corrected chi connectivity index (χ2v) is 7.25. The van der Waals surface area contributed by atoms with Gasteiger partial charge in [0.1, 0.15) is 5.75 Å². The molecule has 1 N–H and O–H groups in total. The Morgan fingerprint density at radius 1 is 1.05 bits per heavy atom. The van der Waals surface area contributed by atoms with E-state index in [1.807, 2.05) is 19.9 Å². The third-order valence-corrected chi connectivity index (χ3v) is 5.09. The van der Waals surface area contributed by atoms with Crippen molar-refractivity contribution in [1.29, 1.82) is 0 Å². The second kappa shape index (κ2) is 6.07. The maximum absolute atomic E-state index is 12.4. The SMILES string of the molecule is COc1c(C)ccc(NS(=O)(=O)c2ccc(Br)cc2)c1C. The minimum atomic E-state index is -3.62. The fourth-order valence-electron chi connectivity index (χ4n) is 2.07. The normalized spacial score (nSPS) is 11.2. The Kier molecular flexibility index (Phi) is 4.58. The van der Waals surface area contributed by atoms with Crippen LogP contribution in [0.25, 0.3) is 0 Å². The lowest BCUT2D eigenvalue weighted by atomic mass is 10.1. The van der Waals surface area contributed by atoms with Crippen LogP contribution >= 0.6 is 15.9 Å². The number of anilines is 1. The number of benzene rings is 2. The third-order valence-electron chi connectivity index (χ3n) is 3.18. The molecule has 0 unspecified atom stereocenters. The van der Waals surface area contributed by atoms with Crippen LogP contribution in [0, 0.1) is 13.8 Å². The fraction of sp³-hybridized carbons (Fsp3) is 0.200. The molecule has 21 heavy (non-hydrogen) atoms. The average molecular weight is 370 g/mol. The zero-order valence-corrected chi connectivity index (χ0v) is 14.4. The predicted molar refractivity (Wildman–Crippen MR) is 87.4 cm³/mol. The number of halogens is 1. The molecule has 0 aromatic heterocycles. The number of rotatable bonds is 4. The summed E-state index contributed by atoms with van der Waals surface area (Å²) in [4.78, 5) is 0.213. The largest absolute Gasteiger partial charge is 0.496 e. The van der Waals surface area contributed by atoms with Gasteiger partial charge in [0, 0.05) is 10.0 Å². The van der Waals surface area contributed by atoms with Crippen molar-refractivity contribution in [3.05, 3.63) is 52.0 Å². The molecule has 0 fully saturated rings. The first-order chi connectivity index (χ1) is 9.85. The molecule has 0 saturated carbocycles. The highest BCUT2D eigenvalue weighted by atomic mass is 79.9. The Balaban J connectivity index is 2.39. The van der Waals surface area contributed by atoms with Crippen molar-refractivity contribution in [1.82, 2.24) is 0 Å². The van der Waals surface area contributed by atoms with Gasteiger partial charge in [-0.1, -0.05) is 22.0 Å². The molecule has 0 bridgehead atoms. The highest BCUT2D eigenvalue weighted by molar-refractivity contribution is 9.10. The van der Waals surface area contributed by atoms with E-state index in [1.165, 1.54) is 0 Å². The molecule has 2 aromatic carbocycles. The summed E-state index contributed by atoms with van der Waals surface area (Å²) in [6, 6.07) is 10.0. The van der Waals surface area contributed by atoms with Crippen molar-refractivity contribution in [3.63, 3.8) is 0 Å². The fourth-order valence-corrected chi connectivity index (χ4v) is 3.46. The van der Waals surface area contributed by atoms with Crippen LogP contribution in [0.15, 0.2) is 45.8 Å². The van der Waals surface area contributed by atoms with Gasteiger partial charge in [-0.15, -0.1) is 0 Å². The van der Waals surface area contributed by atoms with E-state index >= 15 is 0 Å². The molecule has 0 saturated heterocycles. The van der Waals surface area contributed by atoms with Crippen molar-refractivity contribution in [2.75, 3.05) is 11.8 Å². The molecule has 0 aliphatic rings. The highest BCUT2D eigenvalue weighted by Gasteiger charge is 2.17. The second-order valence-electron chi connectivity index (χ2n) is 4.65. The average Bonchev–Trinajstić information content (AvgIpc) is 2.43. The maximum atomic E-state index is 12.4. The Hall–Kier alpha value is -1.53. The Morgan fingerprint density at radius 3 is 2.24 bits per heavy atom. The summed E-state index contributed by atoms with van der Waals surface area (Å²) < 4.78 is 33.5. The van der Waals surface area contributed by atoms with E-state index in [0.29, 0.717) is 11.4 Å². The van der Waals surface area contributed by atoms with E-state index in [0.717, 1.165) is 15.6 Å². The summed E-state index contributed by atoms with van der Waals surface area (Å²) in [6.07, 6.45) is 0. The topological polar surface area (TPSA) is 55.4 Å². The Morgan fingerprint density at radius 2 is 1.67 bits per heavy atom. The van der Waals surface area contributed by atoms with E-state index in [2.05, 4.69) is 20.7 Å². The van der Waals surface area contributed by atoms with Crippen LogP contribution < -0.4 is 9.46 Å². The Labute approximate surface area is 133 Å². The van der Waals surface area contributed by atoms with Crippen LogP contribution in [0.1, 0.15) is 11.1 Å². The molecule has 4 nitrogen and oxygen atoms in total. The van der Waals surface area contributed by atoms with Gasteiger partial charge in [-0.25, -0.2) is 8.42 Å². The summed E-state index contributed by atoms with van der Waals surface area (Å²) in [6.45, 7) is 3.74. The molecule has 0 amide bonds. The number of ether oxygens (including phenoxy) is 1. The van der Waals surface area contributed by atoms with Crippen LogP contribution in [-0.2, 0) is 10.0 Å². The summed E-state index contributed by atoms with van der Waals surface area (Å²) >= 11 is 3.29. The van der Waals surface area contributed by atoms with Gasteiger partial charge in [-0.2, -0.15) is 0 Å². The van der Waals surface area contributed by atoms with Crippen molar-refractivity contribution < 1.29 is 13.2 Å². The lowest BCUT2D eigenvalue weighted by Gasteiger charge is -2.15. The van der Waals surface area contributed by atoms with Crippen LogP contribution in [0.3, 0.4) is 0 Å². The van der Waals surface area contributed by atoms with Gasteiger partial charge in [0.25, 0.3) is 10.0 Å². The van der Waals surface area contributed by atoms with E-state index in [9.17, 15) is 8.42 Å². The molecule has 0 spiro atoms. The van der Waals surface area contributed by atoms with Gasteiger partial charge < -0.3 is 4.74 Å². The first-order valence-electron chi connectivity index (χ1n) is 6.27. The highest BCUT2D eigenvalue weighted by Crippen LogP contribution is 2.30. The molecule has 112 valence electrons. The molecular formula is C15H16BrNO3S. The summed E-state index contributed by atoms with van der Waals surface area (Å²) in [5.41, 5.74) is 2.24. The minimum absolute atomic E-state index is 0.213. The van der Waals surface area contributed by atoms with Gasteiger partial charge in [-0.3, -0.25) is 4.72 Å².